The Morgan fingerprint density at radius 2 is 1.70 bits per heavy atom. The summed E-state index contributed by atoms with van der Waals surface area (Å²) in [6, 6.07) is 11.2. The van der Waals surface area contributed by atoms with Gasteiger partial charge >= 0.3 is 0 Å². The summed E-state index contributed by atoms with van der Waals surface area (Å²) in [5.41, 5.74) is 1.50. The normalized spacial score (nSPS) is 10.9. The molecule has 4 nitrogen and oxygen atoms in total. The molecule has 23 heavy (non-hydrogen) atoms. The molecule has 0 amide bonds. The van der Waals surface area contributed by atoms with Crippen LogP contribution < -0.4 is 5.84 Å². The lowest BCUT2D eigenvalue weighted by Crippen LogP contribution is -2.11. The van der Waals surface area contributed by atoms with Crippen LogP contribution in [0.1, 0.15) is 5.56 Å². The van der Waals surface area contributed by atoms with Crippen LogP contribution in [0.3, 0.4) is 0 Å². The lowest BCUT2D eigenvalue weighted by atomic mass is 10.2. The highest BCUT2D eigenvalue weighted by Crippen LogP contribution is 2.31. The topological polar surface area (TPSA) is 56.7 Å². The van der Waals surface area contributed by atoms with Crippen molar-refractivity contribution >= 4 is 35.0 Å². The highest BCUT2D eigenvalue weighted by atomic mass is 35.5. The van der Waals surface area contributed by atoms with Crippen molar-refractivity contribution in [2.75, 3.05) is 5.84 Å². The van der Waals surface area contributed by atoms with Gasteiger partial charge in [0.05, 0.1) is 0 Å². The molecule has 0 aliphatic rings. The van der Waals surface area contributed by atoms with E-state index in [0.717, 1.165) is 5.56 Å². The van der Waals surface area contributed by atoms with Crippen LogP contribution in [-0.2, 0) is 5.75 Å². The molecule has 3 aromatic rings. The highest BCUT2D eigenvalue weighted by Gasteiger charge is 2.14. The maximum Gasteiger partial charge on any atom is 0.210 e. The van der Waals surface area contributed by atoms with Crippen molar-refractivity contribution in [2.24, 2.45) is 0 Å². The largest absolute Gasteiger partial charge is 0.335 e. The Labute approximate surface area is 146 Å². The summed E-state index contributed by atoms with van der Waals surface area (Å²) in [4.78, 5) is 0. The SMILES string of the molecule is Nn1c(SCc2c(Cl)cccc2Cl)nnc1-c1ccc(F)cc1. The van der Waals surface area contributed by atoms with Gasteiger partial charge in [0, 0.05) is 21.4 Å². The Morgan fingerprint density at radius 3 is 2.35 bits per heavy atom. The van der Waals surface area contributed by atoms with E-state index in [2.05, 4.69) is 10.2 Å². The van der Waals surface area contributed by atoms with Crippen molar-refractivity contribution in [3.63, 3.8) is 0 Å². The molecule has 2 N–H and O–H groups in total. The smallest absolute Gasteiger partial charge is 0.210 e. The van der Waals surface area contributed by atoms with E-state index in [9.17, 15) is 4.39 Å². The summed E-state index contributed by atoms with van der Waals surface area (Å²) >= 11 is 13.7. The van der Waals surface area contributed by atoms with Gasteiger partial charge in [-0.25, -0.2) is 9.07 Å². The average Bonchev–Trinajstić information content (AvgIpc) is 2.89. The molecule has 1 heterocycles. The number of nitrogens with two attached hydrogens (primary N) is 1. The fourth-order valence-corrected chi connectivity index (χ4v) is 3.58. The van der Waals surface area contributed by atoms with Crippen LogP contribution in [0.5, 0.6) is 0 Å². The van der Waals surface area contributed by atoms with Gasteiger partial charge < -0.3 is 5.84 Å². The summed E-state index contributed by atoms with van der Waals surface area (Å²) in [5.74, 6) is 6.67. The average molecular weight is 369 g/mol. The van der Waals surface area contributed by atoms with Gasteiger partial charge in [-0.05, 0) is 42.0 Å². The minimum Gasteiger partial charge on any atom is -0.335 e. The Morgan fingerprint density at radius 1 is 1.04 bits per heavy atom. The third kappa shape index (κ3) is 3.44. The van der Waals surface area contributed by atoms with Crippen LogP contribution in [0.15, 0.2) is 47.6 Å². The van der Waals surface area contributed by atoms with E-state index in [-0.39, 0.29) is 5.82 Å². The molecule has 0 aliphatic heterocycles. The number of rotatable bonds is 4. The molecule has 0 spiro atoms. The van der Waals surface area contributed by atoms with Gasteiger partial charge in [0.1, 0.15) is 5.82 Å². The molecular weight excluding hydrogens is 358 g/mol. The third-order valence-corrected chi connectivity index (χ3v) is 4.85. The Hall–Kier alpha value is -1.76. The summed E-state index contributed by atoms with van der Waals surface area (Å²) in [5, 5.41) is 9.80. The van der Waals surface area contributed by atoms with Gasteiger partial charge in [0.25, 0.3) is 0 Å². The predicted molar refractivity (Wildman–Crippen MR) is 91.6 cm³/mol. The van der Waals surface area contributed by atoms with Gasteiger partial charge in [-0.2, -0.15) is 0 Å². The van der Waals surface area contributed by atoms with Crippen LogP contribution in [-0.4, -0.2) is 14.9 Å². The zero-order valence-electron chi connectivity index (χ0n) is 11.7. The van der Waals surface area contributed by atoms with Gasteiger partial charge in [-0.3, -0.25) is 0 Å². The van der Waals surface area contributed by atoms with E-state index < -0.39 is 0 Å². The molecule has 118 valence electrons. The van der Waals surface area contributed by atoms with Crippen molar-refractivity contribution < 1.29 is 4.39 Å². The summed E-state index contributed by atoms with van der Waals surface area (Å²) in [6.07, 6.45) is 0. The van der Waals surface area contributed by atoms with Crippen LogP contribution >= 0.6 is 35.0 Å². The number of benzene rings is 2. The summed E-state index contributed by atoms with van der Waals surface area (Å²) < 4.78 is 14.4. The number of hydrogen-bond acceptors (Lipinski definition) is 4. The van der Waals surface area contributed by atoms with Gasteiger partial charge in [-0.15, -0.1) is 10.2 Å². The minimum absolute atomic E-state index is 0.320. The van der Waals surface area contributed by atoms with E-state index in [1.807, 2.05) is 0 Å². The standard InChI is InChI=1S/C15H11Cl2FN4S/c16-12-2-1-3-13(17)11(12)8-23-15-21-20-14(22(15)19)9-4-6-10(18)7-5-9/h1-7H,8,19H2. The van der Waals surface area contributed by atoms with E-state index in [0.29, 0.717) is 32.3 Å². The van der Waals surface area contributed by atoms with Crippen LogP contribution in [0, 0.1) is 5.82 Å². The number of aromatic nitrogens is 3. The van der Waals surface area contributed by atoms with Crippen molar-refractivity contribution in [1.29, 1.82) is 0 Å². The molecule has 0 saturated carbocycles. The summed E-state index contributed by atoms with van der Waals surface area (Å²) in [6.45, 7) is 0. The predicted octanol–water partition coefficient (Wildman–Crippen LogP) is 4.40. The maximum absolute atomic E-state index is 13.0. The monoisotopic (exact) mass is 368 g/mol. The van der Waals surface area contributed by atoms with E-state index in [1.165, 1.54) is 28.6 Å². The first-order valence-corrected chi connectivity index (χ1v) is 8.32. The lowest BCUT2D eigenvalue weighted by molar-refractivity contribution is 0.628. The molecular formula is C15H11Cl2FN4S. The van der Waals surface area contributed by atoms with Crippen molar-refractivity contribution in [3.05, 3.63) is 63.9 Å². The molecule has 0 radical (unpaired) electrons. The fourth-order valence-electron chi connectivity index (χ4n) is 1.98. The van der Waals surface area contributed by atoms with Crippen LogP contribution in [0.25, 0.3) is 11.4 Å². The number of halogens is 3. The van der Waals surface area contributed by atoms with E-state index in [4.69, 9.17) is 29.0 Å². The molecule has 0 bridgehead atoms. The van der Waals surface area contributed by atoms with Gasteiger partial charge in [0.2, 0.25) is 5.16 Å². The number of thioether (sulfide) groups is 1. The first-order valence-electron chi connectivity index (χ1n) is 6.58. The second kappa shape index (κ2) is 6.78. The zero-order chi connectivity index (χ0) is 16.4. The highest BCUT2D eigenvalue weighted by molar-refractivity contribution is 7.98. The molecule has 0 unspecified atom stereocenters. The fraction of sp³-hybridized carbons (Fsp3) is 0.0667. The quantitative estimate of drug-likeness (QED) is 0.547. The maximum atomic E-state index is 13.0. The first-order chi connectivity index (χ1) is 11.1. The Kier molecular flexibility index (Phi) is 4.75. The minimum atomic E-state index is -0.320. The molecule has 3 rings (SSSR count). The van der Waals surface area contributed by atoms with E-state index >= 15 is 0 Å². The van der Waals surface area contributed by atoms with Gasteiger partial charge in [-0.1, -0.05) is 41.0 Å². The molecule has 0 atom stereocenters. The second-order valence-electron chi connectivity index (χ2n) is 4.67. The first kappa shape index (κ1) is 16.1. The van der Waals surface area contributed by atoms with Crippen molar-refractivity contribution in [2.45, 2.75) is 10.9 Å². The number of hydrogen-bond donors (Lipinski definition) is 1. The number of nitrogens with zero attached hydrogens (tertiary/aromatic N) is 3. The van der Waals surface area contributed by atoms with Crippen LogP contribution in [0.2, 0.25) is 10.0 Å². The zero-order valence-corrected chi connectivity index (χ0v) is 14.0. The van der Waals surface area contributed by atoms with Crippen molar-refractivity contribution in [1.82, 2.24) is 14.9 Å². The van der Waals surface area contributed by atoms with Crippen LogP contribution in [0.4, 0.5) is 4.39 Å². The molecule has 0 aliphatic carbocycles. The molecule has 0 fully saturated rings. The lowest BCUT2D eigenvalue weighted by Gasteiger charge is -2.06. The Balaban J connectivity index is 1.81. The molecule has 2 aromatic carbocycles. The van der Waals surface area contributed by atoms with Gasteiger partial charge in [0.15, 0.2) is 5.82 Å². The number of nitrogen functional groups attached to an aromatic ring is 1. The second-order valence-corrected chi connectivity index (χ2v) is 6.43. The summed E-state index contributed by atoms with van der Waals surface area (Å²) in [7, 11) is 0. The molecule has 8 heteroatoms. The molecule has 0 saturated heterocycles. The Bertz CT molecular complexity index is 816. The van der Waals surface area contributed by atoms with E-state index in [1.54, 1.807) is 30.3 Å². The van der Waals surface area contributed by atoms with Crippen molar-refractivity contribution in [3.8, 4) is 11.4 Å². The third-order valence-electron chi connectivity index (χ3n) is 3.17. The molecule has 1 aromatic heterocycles.